The zero-order chi connectivity index (χ0) is 12.3. The van der Waals surface area contributed by atoms with Crippen molar-refractivity contribution in [1.82, 2.24) is 4.90 Å². The number of nitrogens with zero attached hydrogens (tertiary/aromatic N) is 1. The number of hydrogen-bond acceptors (Lipinski definition) is 2. The van der Waals surface area contributed by atoms with Gasteiger partial charge in [-0.15, -0.1) is 11.6 Å². The first-order valence-corrected chi connectivity index (χ1v) is 6.75. The van der Waals surface area contributed by atoms with Crippen molar-refractivity contribution in [3.63, 3.8) is 0 Å². The Labute approximate surface area is 114 Å². The topological polar surface area (TPSA) is 29.5 Å². The molecule has 0 bridgehead atoms. The van der Waals surface area contributed by atoms with E-state index >= 15 is 0 Å². The van der Waals surface area contributed by atoms with Crippen LogP contribution >= 0.6 is 27.5 Å². The normalized spacial score (nSPS) is 20.4. The molecular formula is C12H13BrClNO2. The summed E-state index contributed by atoms with van der Waals surface area (Å²) >= 11 is 9.20. The highest BCUT2D eigenvalue weighted by molar-refractivity contribution is 9.10. The maximum absolute atomic E-state index is 12.3. The minimum atomic E-state index is -0.0263. The maximum Gasteiger partial charge on any atom is 0.254 e. The molecule has 1 fully saturated rings. The third-order valence-electron chi connectivity index (χ3n) is 2.76. The van der Waals surface area contributed by atoms with E-state index in [0.717, 1.165) is 4.47 Å². The van der Waals surface area contributed by atoms with Gasteiger partial charge in [0.25, 0.3) is 5.91 Å². The number of ether oxygens (including phenoxy) is 1. The summed E-state index contributed by atoms with van der Waals surface area (Å²) in [5, 5.41) is 0. The second kappa shape index (κ2) is 5.85. The zero-order valence-corrected chi connectivity index (χ0v) is 11.6. The molecule has 5 heteroatoms. The molecule has 1 unspecified atom stereocenters. The molecule has 1 aromatic rings. The molecule has 1 amide bonds. The Bertz CT molecular complexity index is 396. The molecule has 1 aliphatic heterocycles. The molecule has 17 heavy (non-hydrogen) atoms. The van der Waals surface area contributed by atoms with E-state index in [9.17, 15) is 4.79 Å². The summed E-state index contributed by atoms with van der Waals surface area (Å²) in [6, 6.07) is 7.33. The van der Waals surface area contributed by atoms with Crippen LogP contribution in [0.4, 0.5) is 0 Å². The lowest BCUT2D eigenvalue weighted by Crippen LogP contribution is -2.49. The fourth-order valence-corrected chi connectivity index (χ4v) is 2.33. The summed E-state index contributed by atoms with van der Waals surface area (Å²) in [4.78, 5) is 14.1. The molecule has 0 N–H and O–H groups in total. The van der Waals surface area contributed by atoms with Crippen molar-refractivity contribution in [3.8, 4) is 0 Å². The number of hydrogen-bond donors (Lipinski definition) is 0. The van der Waals surface area contributed by atoms with E-state index in [-0.39, 0.29) is 11.9 Å². The lowest BCUT2D eigenvalue weighted by atomic mass is 10.1. The standard InChI is InChI=1S/C12H13BrClNO2/c13-10-3-1-9(2-4-10)12(16)15-5-6-17-8-11(15)7-14/h1-4,11H,5-8H2. The Hall–Kier alpha value is -0.580. The lowest BCUT2D eigenvalue weighted by molar-refractivity contribution is 0.00456. The average molecular weight is 319 g/mol. The van der Waals surface area contributed by atoms with E-state index in [1.54, 1.807) is 4.90 Å². The van der Waals surface area contributed by atoms with Gasteiger partial charge in [0.15, 0.2) is 0 Å². The number of halogens is 2. The smallest absolute Gasteiger partial charge is 0.254 e. The molecule has 1 heterocycles. The molecule has 1 atom stereocenters. The van der Waals surface area contributed by atoms with Crippen LogP contribution in [0.5, 0.6) is 0 Å². The van der Waals surface area contributed by atoms with Crippen LogP contribution in [0, 0.1) is 0 Å². The monoisotopic (exact) mass is 317 g/mol. The molecule has 1 saturated heterocycles. The highest BCUT2D eigenvalue weighted by Gasteiger charge is 2.27. The predicted molar refractivity (Wildman–Crippen MR) is 70.5 cm³/mol. The van der Waals surface area contributed by atoms with Gasteiger partial charge in [-0.25, -0.2) is 0 Å². The van der Waals surface area contributed by atoms with Gasteiger partial charge in [0, 0.05) is 22.5 Å². The molecule has 0 saturated carbocycles. The fourth-order valence-electron chi connectivity index (χ4n) is 1.81. The minimum absolute atomic E-state index is 0.0199. The molecule has 2 rings (SSSR count). The van der Waals surface area contributed by atoms with Gasteiger partial charge in [-0.05, 0) is 24.3 Å². The highest BCUT2D eigenvalue weighted by Crippen LogP contribution is 2.16. The zero-order valence-electron chi connectivity index (χ0n) is 9.23. The molecule has 1 aliphatic rings. The van der Waals surface area contributed by atoms with E-state index in [1.165, 1.54) is 0 Å². The van der Waals surface area contributed by atoms with Crippen LogP contribution in [0.25, 0.3) is 0 Å². The van der Waals surface area contributed by atoms with Crippen molar-refractivity contribution in [2.24, 2.45) is 0 Å². The first kappa shape index (κ1) is 12.9. The minimum Gasteiger partial charge on any atom is -0.377 e. The highest BCUT2D eigenvalue weighted by atomic mass is 79.9. The van der Waals surface area contributed by atoms with Crippen LogP contribution in [0.3, 0.4) is 0 Å². The van der Waals surface area contributed by atoms with Crippen LogP contribution in [0.15, 0.2) is 28.7 Å². The van der Waals surface area contributed by atoms with Crippen LogP contribution in [0.2, 0.25) is 0 Å². The van der Waals surface area contributed by atoms with Gasteiger partial charge in [0.1, 0.15) is 0 Å². The largest absolute Gasteiger partial charge is 0.377 e. The van der Waals surface area contributed by atoms with Gasteiger partial charge in [-0.2, -0.15) is 0 Å². The number of carbonyl (C=O) groups excluding carboxylic acids is 1. The number of amides is 1. The Balaban J connectivity index is 2.15. The summed E-state index contributed by atoms with van der Waals surface area (Å²) < 4.78 is 6.29. The van der Waals surface area contributed by atoms with Crippen LogP contribution in [-0.2, 0) is 4.74 Å². The molecule has 0 spiro atoms. The van der Waals surface area contributed by atoms with Crippen LogP contribution < -0.4 is 0 Å². The number of carbonyl (C=O) groups is 1. The van der Waals surface area contributed by atoms with Crippen molar-refractivity contribution < 1.29 is 9.53 Å². The molecule has 0 aliphatic carbocycles. The molecule has 1 aromatic carbocycles. The van der Waals surface area contributed by atoms with E-state index in [0.29, 0.717) is 31.2 Å². The van der Waals surface area contributed by atoms with Crippen molar-refractivity contribution in [3.05, 3.63) is 34.3 Å². The van der Waals surface area contributed by atoms with Gasteiger partial charge in [-0.1, -0.05) is 15.9 Å². The lowest BCUT2D eigenvalue weighted by Gasteiger charge is -2.34. The van der Waals surface area contributed by atoms with Gasteiger partial charge in [-0.3, -0.25) is 4.79 Å². The molecule has 0 radical (unpaired) electrons. The fraction of sp³-hybridized carbons (Fsp3) is 0.417. The van der Waals surface area contributed by atoms with E-state index in [4.69, 9.17) is 16.3 Å². The van der Waals surface area contributed by atoms with Crippen LogP contribution in [0.1, 0.15) is 10.4 Å². The van der Waals surface area contributed by atoms with E-state index in [1.807, 2.05) is 24.3 Å². The van der Waals surface area contributed by atoms with Crippen molar-refractivity contribution in [2.75, 3.05) is 25.6 Å². The molecule has 3 nitrogen and oxygen atoms in total. The van der Waals surface area contributed by atoms with Gasteiger partial charge in [0.2, 0.25) is 0 Å². The predicted octanol–water partition coefficient (Wildman–Crippen LogP) is 2.53. The number of alkyl halides is 1. The van der Waals surface area contributed by atoms with Gasteiger partial charge < -0.3 is 9.64 Å². The summed E-state index contributed by atoms with van der Waals surface area (Å²) in [5.41, 5.74) is 0.685. The number of morpholine rings is 1. The van der Waals surface area contributed by atoms with Crippen LogP contribution in [-0.4, -0.2) is 42.5 Å². The van der Waals surface area contributed by atoms with E-state index in [2.05, 4.69) is 15.9 Å². The Morgan fingerprint density at radius 1 is 1.47 bits per heavy atom. The van der Waals surface area contributed by atoms with Gasteiger partial charge >= 0.3 is 0 Å². The van der Waals surface area contributed by atoms with E-state index < -0.39 is 0 Å². The Morgan fingerprint density at radius 3 is 2.82 bits per heavy atom. The number of rotatable bonds is 2. The summed E-state index contributed by atoms with van der Waals surface area (Å²) in [6.45, 7) is 1.70. The summed E-state index contributed by atoms with van der Waals surface area (Å²) in [5.74, 6) is 0.425. The second-order valence-electron chi connectivity index (χ2n) is 3.89. The van der Waals surface area contributed by atoms with Gasteiger partial charge in [0.05, 0.1) is 19.3 Å². The Morgan fingerprint density at radius 2 is 2.18 bits per heavy atom. The molecule has 0 aromatic heterocycles. The molecule has 92 valence electrons. The quantitative estimate of drug-likeness (QED) is 0.784. The van der Waals surface area contributed by atoms with Crippen molar-refractivity contribution in [2.45, 2.75) is 6.04 Å². The number of benzene rings is 1. The SMILES string of the molecule is O=C(c1ccc(Br)cc1)N1CCOCC1CCl. The first-order chi connectivity index (χ1) is 8.22. The first-order valence-electron chi connectivity index (χ1n) is 5.42. The maximum atomic E-state index is 12.3. The van der Waals surface area contributed by atoms with Crippen molar-refractivity contribution in [1.29, 1.82) is 0 Å². The third kappa shape index (κ3) is 3.00. The molecular weight excluding hydrogens is 305 g/mol. The van der Waals surface area contributed by atoms with Crippen molar-refractivity contribution >= 4 is 33.4 Å². The summed E-state index contributed by atoms with van der Waals surface area (Å²) in [6.07, 6.45) is 0. The third-order valence-corrected chi connectivity index (χ3v) is 3.64. The summed E-state index contributed by atoms with van der Waals surface area (Å²) in [7, 11) is 0. The average Bonchev–Trinajstić information content (AvgIpc) is 2.39. The second-order valence-corrected chi connectivity index (χ2v) is 5.11. The Kier molecular flexibility index (Phi) is 4.42.